The van der Waals surface area contributed by atoms with Gasteiger partial charge in [-0.3, -0.25) is 0 Å². The lowest BCUT2D eigenvalue weighted by atomic mass is 9.55. The topological polar surface area (TPSA) is 0 Å². The first-order valence-electron chi connectivity index (χ1n) is 9.97. The van der Waals surface area contributed by atoms with Gasteiger partial charge in [-0.05, 0) is 123 Å². The van der Waals surface area contributed by atoms with Crippen molar-refractivity contribution in [2.75, 3.05) is 0 Å². The van der Waals surface area contributed by atoms with E-state index in [1.54, 1.807) is 77.0 Å². The van der Waals surface area contributed by atoms with E-state index in [4.69, 9.17) is 0 Å². The highest BCUT2D eigenvalue weighted by atomic mass is 31.1. The van der Waals surface area contributed by atoms with Crippen molar-refractivity contribution < 1.29 is 0 Å². The zero-order valence-electron chi connectivity index (χ0n) is 13.4. The molecule has 8 bridgehead atoms. The van der Waals surface area contributed by atoms with Gasteiger partial charge in [0.1, 0.15) is 0 Å². The lowest BCUT2D eigenvalue weighted by Crippen LogP contribution is -2.53. The van der Waals surface area contributed by atoms with Crippen molar-refractivity contribution in [3.63, 3.8) is 0 Å². The molecule has 1 heteroatoms. The average molecular weight is 302 g/mol. The zero-order chi connectivity index (χ0) is 13.7. The Labute approximate surface area is 132 Å². The highest BCUT2D eigenvalue weighted by molar-refractivity contribution is 7.42. The monoisotopic (exact) mass is 302 g/mol. The van der Waals surface area contributed by atoms with E-state index in [2.05, 4.69) is 0 Å². The minimum Gasteiger partial charge on any atom is -0.109 e. The van der Waals surface area contributed by atoms with Crippen molar-refractivity contribution >= 4 is 8.58 Å². The second-order valence-corrected chi connectivity index (χ2v) is 12.9. The molecule has 8 fully saturated rings. The molecule has 8 saturated carbocycles. The fraction of sp³-hybridized carbons (Fsp3) is 1.00. The van der Waals surface area contributed by atoms with Crippen molar-refractivity contribution in [3.05, 3.63) is 0 Å². The minimum atomic E-state index is 0.875. The normalized spacial score (nSPS) is 64.0. The first-order chi connectivity index (χ1) is 10.2. The Morgan fingerprint density at radius 1 is 0.429 bits per heavy atom. The molecule has 0 aromatic heterocycles. The Morgan fingerprint density at radius 3 is 0.905 bits per heavy atom. The smallest absolute Gasteiger partial charge is 0.0109 e. The van der Waals surface area contributed by atoms with E-state index in [1.807, 2.05) is 0 Å². The van der Waals surface area contributed by atoms with Crippen LogP contribution in [-0.4, -0.2) is 10.3 Å². The van der Waals surface area contributed by atoms with Crippen molar-refractivity contribution in [2.24, 2.45) is 35.5 Å². The van der Waals surface area contributed by atoms with E-state index in [1.165, 1.54) is 8.58 Å². The van der Waals surface area contributed by atoms with Crippen molar-refractivity contribution in [1.82, 2.24) is 0 Å². The molecule has 8 aliphatic carbocycles. The molecule has 8 rings (SSSR count). The van der Waals surface area contributed by atoms with Gasteiger partial charge >= 0.3 is 0 Å². The third-order valence-corrected chi connectivity index (χ3v) is 10.9. The van der Waals surface area contributed by atoms with Crippen LogP contribution in [0.1, 0.15) is 77.0 Å². The van der Waals surface area contributed by atoms with Gasteiger partial charge in [-0.1, -0.05) is 0 Å². The summed E-state index contributed by atoms with van der Waals surface area (Å²) < 4.78 is 0. The van der Waals surface area contributed by atoms with E-state index in [0.717, 1.165) is 45.8 Å². The fourth-order valence-electron chi connectivity index (χ4n) is 9.09. The molecule has 116 valence electrons. The molecule has 0 saturated heterocycles. The lowest BCUT2D eigenvalue weighted by molar-refractivity contribution is 0.0210. The second-order valence-electron chi connectivity index (χ2n) is 10.5. The van der Waals surface area contributed by atoms with Crippen LogP contribution in [0.2, 0.25) is 0 Å². The van der Waals surface area contributed by atoms with Gasteiger partial charge in [0, 0.05) is 0 Å². The van der Waals surface area contributed by atoms with Gasteiger partial charge in [-0.2, -0.15) is 0 Å². The summed E-state index contributed by atoms with van der Waals surface area (Å²) >= 11 is 0. The molecular formula is C20H31P. The van der Waals surface area contributed by atoms with Crippen molar-refractivity contribution in [3.8, 4) is 0 Å². The molecule has 0 heterocycles. The summed E-state index contributed by atoms with van der Waals surface area (Å²) in [4.78, 5) is 0. The number of hydrogen-bond acceptors (Lipinski definition) is 0. The molecule has 0 amide bonds. The second kappa shape index (κ2) is 4.09. The summed E-state index contributed by atoms with van der Waals surface area (Å²) in [7, 11) is 1.38. The summed E-state index contributed by atoms with van der Waals surface area (Å²) in [6.45, 7) is 0. The Hall–Kier alpha value is 0.430. The molecule has 0 spiro atoms. The van der Waals surface area contributed by atoms with Crippen molar-refractivity contribution in [2.45, 2.75) is 87.4 Å². The van der Waals surface area contributed by atoms with Crippen LogP contribution in [0.3, 0.4) is 0 Å². The lowest BCUT2D eigenvalue weighted by Gasteiger charge is -2.63. The first-order valence-corrected chi connectivity index (χ1v) is 11.0. The molecule has 0 aliphatic heterocycles. The first kappa shape index (κ1) is 12.8. The predicted octanol–water partition coefficient (Wildman–Crippen LogP) is 5.60. The Bertz CT molecular complexity index is 352. The fourth-order valence-corrected chi connectivity index (χ4v) is 12.6. The van der Waals surface area contributed by atoms with Crippen LogP contribution in [-0.2, 0) is 0 Å². The van der Waals surface area contributed by atoms with Crippen LogP contribution in [0.5, 0.6) is 0 Å². The van der Waals surface area contributed by atoms with Gasteiger partial charge in [0.15, 0.2) is 0 Å². The van der Waals surface area contributed by atoms with Gasteiger partial charge in [-0.25, -0.2) is 0 Å². The molecule has 0 N–H and O–H groups in total. The third-order valence-electron chi connectivity index (χ3n) is 8.61. The van der Waals surface area contributed by atoms with E-state index < -0.39 is 0 Å². The van der Waals surface area contributed by atoms with E-state index in [0.29, 0.717) is 0 Å². The quantitative estimate of drug-likeness (QED) is 0.582. The number of hydrogen-bond donors (Lipinski definition) is 0. The Kier molecular flexibility index (Phi) is 2.49. The van der Waals surface area contributed by atoms with E-state index in [9.17, 15) is 0 Å². The largest absolute Gasteiger partial charge is 0.109 e. The van der Waals surface area contributed by atoms with Gasteiger partial charge in [0.25, 0.3) is 0 Å². The molecule has 0 aromatic carbocycles. The molecule has 21 heavy (non-hydrogen) atoms. The molecule has 0 aromatic rings. The highest BCUT2D eigenvalue weighted by Crippen LogP contribution is 2.71. The maximum Gasteiger partial charge on any atom is -0.0109 e. The van der Waals surface area contributed by atoms with E-state index >= 15 is 0 Å². The Morgan fingerprint density at radius 2 is 0.667 bits per heavy atom. The molecule has 0 radical (unpaired) electrons. The average Bonchev–Trinajstić information content (AvgIpc) is 2.33. The van der Waals surface area contributed by atoms with Crippen LogP contribution in [0.25, 0.3) is 0 Å². The highest BCUT2D eigenvalue weighted by Gasteiger charge is 2.57. The maximum atomic E-state index is 1.67. The van der Waals surface area contributed by atoms with Crippen LogP contribution in [0.4, 0.5) is 0 Å². The van der Waals surface area contributed by atoms with Crippen LogP contribution < -0.4 is 0 Å². The van der Waals surface area contributed by atoms with Gasteiger partial charge < -0.3 is 0 Å². The summed E-state index contributed by atoms with van der Waals surface area (Å²) in [6.07, 6.45) is 19.8. The van der Waals surface area contributed by atoms with Gasteiger partial charge in [-0.15, -0.1) is 8.58 Å². The van der Waals surface area contributed by atoms with Crippen LogP contribution >= 0.6 is 8.58 Å². The standard InChI is InChI=1S/C20H31P/c1-13-2-15-3-14(1)8-19(7-13,9-15)21-20-10-16-4-17(11-20)6-18(5-16)12-20/h13-18,21H,1-12H2/t13-,14+,15-,16-,17+,18-,19?,20?. The van der Waals surface area contributed by atoms with Gasteiger partial charge in [0.05, 0.1) is 0 Å². The van der Waals surface area contributed by atoms with Crippen LogP contribution in [0, 0.1) is 35.5 Å². The summed E-state index contributed by atoms with van der Waals surface area (Å²) in [5.74, 6) is 6.99. The van der Waals surface area contributed by atoms with E-state index in [-0.39, 0.29) is 0 Å². The predicted molar refractivity (Wildman–Crippen MR) is 90.1 cm³/mol. The van der Waals surface area contributed by atoms with Gasteiger partial charge in [0.2, 0.25) is 0 Å². The molecule has 8 aliphatic rings. The molecule has 0 nitrogen and oxygen atoms in total. The zero-order valence-corrected chi connectivity index (χ0v) is 14.4. The molecule has 0 unspecified atom stereocenters. The summed E-state index contributed by atoms with van der Waals surface area (Å²) in [5.41, 5.74) is 0. The maximum absolute atomic E-state index is 1.67. The summed E-state index contributed by atoms with van der Waals surface area (Å²) in [6, 6.07) is 0. The SMILES string of the molecule is C1[C@H]2C[C@H]3CC1(PC14C[C@H]5C[C@@H](C1)C[C@@H](C4)C5)C[C@@H](C2)C3. The van der Waals surface area contributed by atoms with Crippen LogP contribution in [0.15, 0.2) is 0 Å². The Balaban J connectivity index is 1.31. The molecular weight excluding hydrogens is 271 g/mol. The minimum absolute atomic E-state index is 0.875. The number of rotatable bonds is 2. The third kappa shape index (κ3) is 1.90. The van der Waals surface area contributed by atoms with Crippen molar-refractivity contribution in [1.29, 1.82) is 0 Å². The molecule has 0 atom stereocenters. The summed E-state index contributed by atoms with van der Waals surface area (Å²) in [5, 5.41) is 1.75.